The fourth-order valence-electron chi connectivity index (χ4n) is 2.48. The third-order valence-corrected chi connectivity index (χ3v) is 4.93. The van der Waals surface area contributed by atoms with E-state index < -0.39 is 12.0 Å². The Morgan fingerprint density at radius 1 is 1.24 bits per heavy atom. The number of benzene rings is 1. The van der Waals surface area contributed by atoms with Crippen LogP contribution in [0.4, 0.5) is 0 Å². The van der Waals surface area contributed by atoms with E-state index in [2.05, 4.69) is 5.32 Å². The Bertz CT molecular complexity index is 729. The van der Waals surface area contributed by atoms with Crippen molar-refractivity contribution >= 4 is 23.2 Å². The molecule has 134 valence electrons. The third kappa shape index (κ3) is 4.73. The van der Waals surface area contributed by atoms with Gasteiger partial charge in [-0.1, -0.05) is 6.07 Å². The molecule has 1 amide bonds. The Balaban J connectivity index is 2.27. The van der Waals surface area contributed by atoms with Crippen LogP contribution in [-0.4, -0.2) is 31.2 Å². The van der Waals surface area contributed by atoms with Gasteiger partial charge in [0.25, 0.3) is 0 Å². The van der Waals surface area contributed by atoms with Gasteiger partial charge in [-0.05, 0) is 30.5 Å². The number of hydrogen-bond acceptors (Lipinski definition) is 5. The Morgan fingerprint density at radius 2 is 2.00 bits per heavy atom. The highest BCUT2D eigenvalue weighted by Crippen LogP contribution is 2.32. The van der Waals surface area contributed by atoms with Crippen LogP contribution < -0.4 is 14.8 Å². The van der Waals surface area contributed by atoms with E-state index in [0.29, 0.717) is 17.1 Å². The Hall–Kier alpha value is -2.54. The molecular formula is C18H21NO5S. The molecule has 2 N–H and O–H groups in total. The molecular weight excluding hydrogens is 342 g/mol. The molecule has 2 rings (SSSR count). The smallest absolute Gasteiger partial charge is 0.305 e. The topological polar surface area (TPSA) is 84.9 Å². The number of carboxylic acids is 1. The zero-order valence-electron chi connectivity index (χ0n) is 14.3. The highest BCUT2D eigenvalue weighted by atomic mass is 32.1. The number of methoxy groups -OCH3 is 2. The number of nitrogens with one attached hydrogen (secondary N) is 1. The molecule has 2 aromatic rings. The molecule has 0 saturated carbocycles. The summed E-state index contributed by atoms with van der Waals surface area (Å²) in [6, 6.07) is 8.15. The zero-order valence-corrected chi connectivity index (χ0v) is 15.1. The lowest BCUT2D eigenvalue weighted by molar-refractivity contribution is -0.137. The zero-order chi connectivity index (χ0) is 18.4. The van der Waals surface area contributed by atoms with Crippen molar-refractivity contribution in [1.82, 2.24) is 5.32 Å². The van der Waals surface area contributed by atoms with E-state index in [4.69, 9.17) is 9.47 Å². The molecule has 0 fully saturated rings. The maximum atomic E-state index is 12.6. The summed E-state index contributed by atoms with van der Waals surface area (Å²) in [5, 5.41) is 14.0. The van der Waals surface area contributed by atoms with Crippen LogP contribution in [0.15, 0.2) is 35.7 Å². The highest BCUT2D eigenvalue weighted by Gasteiger charge is 2.25. The van der Waals surface area contributed by atoms with Crippen molar-refractivity contribution in [2.75, 3.05) is 14.2 Å². The number of ether oxygens (including phenoxy) is 2. The van der Waals surface area contributed by atoms with Gasteiger partial charge in [-0.2, -0.15) is 0 Å². The van der Waals surface area contributed by atoms with Gasteiger partial charge < -0.3 is 19.9 Å². The van der Waals surface area contributed by atoms with Gasteiger partial charge in [0, 0.05) is 16.5 Å². The molecule has 2 unspecified atom stereocenters. The summed E-state index contributed by atoms with van der Waals surface area (Å²) in [6.07, 6.45) is -0.244. The van der Waals surface area contributed by atoms with Gasteiger partial charge in [-0.25, -0.2) is 0 Å². The second-order valence-corrected chi connectivity index (χ2v) is 6.48. The first-order valence-electron chi connectivity index (χ1n) is 7.73. The number of carbonyl (C=O) groups excluding carboxylic acids is 1. The van der Waals surface area contributed by atoms with Crippen LogP contribution in [0.3, 0.4) is 0 Å². The normalized spacial score (nSPS) is 12.9. The largest absolute Gasteiger partial charge is 0.497 e. The van der Waals surface area contributed by atoms with Crippen LogP contribution in [-0.2, 0) is 9.59 Å². The molecule has 1 heterocycles. The number of hydrogen-bond donors (Lipinski definition) is 2. The van der Waals surface area contributed by atoms with Crippen molar-refractivity contribution in [1.29, 1.82) is 0 Å². The van der Waals surface area contributed by atoms with Crippen LogP contribution in [0.1, 0.15) is 35.7 Å². The monoisotopic (exact) mass is 363 g/mol. The van der Waals surface area contributed by atoms with Crippen molar-refractivity contribution in [2.45, 2.75) is 25.3 Å². The first-order chi connectivity index (χ1) is 12.0. The molecule has 0 aliphatic rings. The minimum Gasteiger partial charge on any atom is -0.497 e. The maximum Gasteiger partial charge on any atom is 0.305 e. The number of aliphatic carboxylic acids is 1. The lowest BCUT2D eigenvalue weighted by Crippen LogP contribution is -2.33. The fraction of sp³-hybridized carbons (Fsp3) is 0.333. The predicted octanol–water partition coefficient (Wildman–Crippen LogP) is 3.20. The van der Waals surface area contributed by atoms with E-state index >= 15 is 0 Å². The van der Waals surface area contributed by atoms with E-state index in [1.54, 1.807) is 25.1 Å². The van der Waals surface area contributed by atoms with Crippen LogP contribution in [0.2, 0.25) is 0 Å². The van der Waals surface area contributed by atoms with Gasteiger partial charge >= 0.3 is 5.97 Å². The minimum atomic E-state index is -1.01. The Labute approximate surface area is 150 Å². The molecule has 1 aromatic carbocycles. The van der Waals surface area contributed by atoms with Gasteiger partial charge in [0.2, 0.25) is 5.91 Å². The van der Waals surface area contributed by atoms with Gasteiger partial charge in [0.1, 0.15) is 11.5 Å². The van der Waals surface area contributed by atoms with E-state index in [-0.39, 0.29) is 18.2 Å². The molecule has 0 spiro atoms. The molecule has 7 heteroatoms. The second kappa shape index (κ2) is 8.53. The molecule has 0 aliphatic carbocycles. The molecule has 6 nitrogen and oxygen atoms in total. The molecule has 0 saturated heterocycles. The predicted molar refractivity (Wildman–Crippen MR) is 95.4 cm³/mol. The molecule has 2 atom stereocenters. The first kappa shape index (κ1) is 18.8. The standard InChI is InChI=1S/C18H21NO5S/c1-11(16-5-4-8-25-16)18(22)19-14(10-17(20)21)13-7-6-12(23-2)9-15(13)24-3/h4-9,11,14H,10H2,1-3H3,(H,19,22)(H,20,21). The van der Waals surface area contributed by atoms with Gasteiger partial charge in [0.15, 0.2) is 0 Å². The van der Waals surface area contributed by atoms with Crippen molar-refractivity contribution in [2.24, 2.45) is 0 Å². The summed E-state index contributed by atoms with van der Waals surface area (Å²) in [5.74, 6) is -0.540. The maximum absolute atomic E-state index is 12.6. The minimum absolute atomic E-state index is 0.230. The van der Waals surface area contributed by atoms with Crippen LogP contribution in [0.25, 0.3) is 0 Å². The summed E-state index contributed by atoms with van der Waals surface area (Å²) >= 11 is 1.49. The third-order valence-electron chi connectivity index (χ3n) is 3.87. The fourth-order valence-corrected chi connectivity index (χ4v) is 3.27. The molecule has 0 radical (unpaired) electrons. The highest BCUT2D eigenvalue weighted by molar-refractivity contribution is 7.10. The molecule has 25 heavy (non-hydrogen) atoms. The summed E-state index contributed by atoms with van der Waals surface area (Å²) in [5.41, 5.74) is 0.595. The van der Waals surface area contributed by atoms with Gasteiger partial charge in [0.05, 0.1) is 32.6 Å². The first-order valence-corrected chi connectivity index (χ1v) is 8.61. The van der Waals surface area contributed by atoms with Crippen molar-refractivity contribution in [3.05, 3.63) is 46.2 Å². The second-order valence-electron chi connectivity index (χ2n) is 5.50. The van der Waals surface area contributed by atoms with E-state index in [0.717, 1.165) is 4.88 Å². The number of thiophene rings is 1. The van der Waals surface area contributed by atoms with E-state index in [9.17, 15) is 14.7 Å². The van der Waals surface area contributed by atoms with E-state index in [1.807, 2.05) is 17.5 Å². The van der Waals surface area contributed by atoms with Crippen LogP contribution in [0.5, 0.6) is 11.5 Å². The number of amides is 1. The average Bonchev–Trinajstić information content (AvgIpc) is 3.13. The lowest BCUT2D eigenvalue weighted by Gasteiger charge is -2.22. The summed E-state index contributed by atoms with van der Waals surface area (Å²) in [4.78, 5) is 24.8. The molecule has 0 bridgehead atoms. The summed E-state index contributed by atoms with van der Waals surface area (Å²) in [6.45, 7) is 1.80. The molecule has 1 aromatic heterocycles. The van der Waals surface area contributed by atoms with Gasteiger partial charge in [-0.3, -0.25) is 9.59 Å². The van der Waals surface area contributed by atoms with Crippen LogP contribution >= 0.6 is 11.3 Å². The van der Waals surface area contributed by atoms with Gasteiger partial charge in [-0.15, -0.1) is 11.3 Å². The number of carbonyl (C=O) groups is 2. The lowest BCUT2D eigenvalue weighted by atomic mass is 10.0. The van der Waals surface area contributed by atoms with Crippen LogP contribution in [0, 0.1) is 0 Å². The average molecular weight is 363 g/mol. The van der Waals surface area contributed by atoms with Crippen molar-refractivity contribution < 1.29 is 24.2 Å². The van der Waals surface area contributed by atoms with E-state index in [1.165, 1.54) is 25.6 Å². The summed E-state index contributed by atoms with van der Waals surface area (Å²) < 4.78 is 10.5. The van der Waals surface area contributed by atoms with Crippen molar-refractivity contribution in [3.63, 3.8) is 0 Å². The number of carboxylic acid groups (broad SMARTS) is 1. The number of rotatable bonds is 8. The quantitative estimate of drug-likeness (QED) is 0.752. The Kier molecular flexibility index (Phi) is 6.41. The molecule has 0 aliphatic heterocycles. The SMILES string of the molecule is COc1ccc(C(CC(=O)O)NC(=O)C(C)c2cccs2)c(OC)c1. The van der Waals surface area contributed by atoms with Crippen molar-refractivity contribution in [3.8, 4) is 11.5 Å². The Morgan fingerprint density at radius 3 is 2.56 bits per heavy atom. The summed E-state index contributed by atoms with van der Waals surface area (Å²) in [7, 11) is 3.03.